The molecule has 0 radical (unpaired) electrons. The number of nitrogens with one attached hydrogen (secondary N) is 5. The number of benzene rings is 1. The number of nitrogens with zero attached hydrogens (tertiary/aromatic N) is 2. The van der Waals surface area contributed by atoms with Gasteiger partial charge in [-0.15, -0.1) is 11.8 Å². The number of carbonyl (C=O) groups excluding carboxylic acids is 3. The molecule has 1 aliphatic carbocycles. The SMILES string of the molecule is CC(Br)[C@H](C)Sc1ncccc1CNC1(C(=O)N[C@@H](CN)C(=O)N(C)[C@@H](Cc2c[nH]c3ccccc23)C(=O)NCC=N)C[C@H]1CCN. The lowest BCUT2D eigenvalue weighted by atomic mass is 10.0. The molecule has 9 N–H and O–H groups in total. The molecule has 0 saturated heterocycles. The highest BCUT2D eigenvalue weighted by atomic mass is 79.9. The number of hydrogen-bond donors (Lipinski definition) is 7. The molecule has 47 heavy (non-hydrogen) atoms. The van der Waals surface area contributed by atoms with E-state index in [9.17, 15) is 14.4 Å². The first-order chi connectivity index (χ1) is 22.6. The number of para-hydroxylation sites is 1. The molecular formula is C33H46BrN9O3S. The van der Waals surface area contributed by atoms with E-state index in [1.54, 1.807) is 25.0 Å². The summed E-state index contributed by atoms with van der Waals surface area (Å²) in [5.41, 5.74) is 13.8. The number of amides is 3. The number of aromatic nitrogens is 2. The van der Waals surface area contributed by atoms with E-state index in [1.165, 1.54) is 4.90 Å². The predicted molar refractivity (Wildman–Crippen MR) is 191 cm³/mol. The van der Waals surface area contributed by atoms with Gasteiger partial charge in [-0.3, -0.25) is 19.7 Å². The van der Waals surface area contributed by atoms with Crippen molar-refractivity contribution < 1.29 is 14.4 Å². The average molecular weight is 729 g/mol. The first-order valence-corrected chi connectivity index (χ1v) is 17.6. The van der Waals surface area contributed by atoms with Crippen LogP contribution in [0, 0.1) is 11.3 Å². The molecule has 1 aliphatic rings. The first kappa shape index (κ1) is 36.5. The Kier molecular flexibility index (Phi) is 13.0. The van der Waals surface area contributed by atoms with Gasteiger partial charge in [-0.25, -0.2) is 4.98 Å². The second-order valence-electron chi connectivity index (χ2n) is 12.0. The van der Waals surface area contributed by atoms with Gasteiger partial charge in [-0.05, 0) is 48.6 Å². The first-order valence-electron chi connectivity index (χ1n) is 15.8. The lowest BCUT2D eigenvalue weighted by molar-refractivity contribution is -0.141. The van der Waals surface area contributed by atoms with E-state index in [4.69, 9.17) is 16.9 Å². The van der Waals surface area contributed by atoms with Crippen LogP contribution in [0.2, 0.25) is 0 Å². The van der Waals surface area contributed by atoms with Crippen LogP contribution >= 0.6 is 27.7 Å². The van der Waals surface area contributed by atoms with Crippen molar-refractivity contribution in [2.45, 2.75) is 72.4 Å². The van der Waals surface area contributed by atoms with Gasteiger partial charge >= 0.3 is 0 Å². The van der Waals surface area contributed by atoms with Crippen LogP contribution in [0.15, 0.2) is 53.8 Å². The highest BCUT2D eigenvalue weighted by molar-refractivity contribution is 9.09. The normalized spacial score (nSPS) is 19.7. The molecule has 1 saturated carbocycles. The predicted octanol–water partition coefficient (Wildman–Crippen LogP) is 2.30. The summed E-state index contributed by atoms with van der Waals surface area (Å²) in [4.78, 5) is 50.6. The summed E-state index contributed by atoms with van der Waals surface area (Å²) in [6.45, 7) is 4.95. The highest BCUT2D eigenvalue weighted by Crippen LogP contribution is 2.46. The zero-order chi connectivity index (χ0) is 34.1. The number of halogens is 1. The number of likely N-dealkylation sites (N-methyl/N-ethyl adjacent to an activating group) is 1. The number of carbonyl (C=O) groups is 3. The molecule has 1 aromatic carbocycles. The lowest BCUT2D eigenvalue weighted by Gasteiger charge is -2.31. The number of aromatic amines is 1. The van der Waals surface area contributed by atoms with Crippen molar-refractivity contribution in [2.75, 3.05) is 26.7 Å². The lowest BCUT2D eigenvalue weighted by Crippen LogP contribution is -2.60. The molecule has 4 rings (SSSR count). The fraction of sp³-hybridized carbons (Fsp3) is 0.485. The van der Waals surface area contributed by atoms with E-state index >= 15 is 0 Å². The smallest absolute Gasteiger partial charge is 0.246 e. The van der Waals surface area contributed by atoms with Crippen molar-refractivity contribution in [1.29, 1.82) is 5.41 Å². The fourth-order valence-electron chi connectivity index (χ4n) is 5.73. The Balaban J connectivity index is 1.51. The van der Waals surface area contributed by atoms with E-state index in [0.717, 1.165) is 33.3 Å². The van der Waals surface area contributed by atoms with Crippen molar-refractivity contribution in [3.8, 4) is 0 Å². The molecule has 254 valence electrons. The van der Waals surface area contributed by atoms with Gasteiger partial charge in [0.05, 0.1) is 6.54 Å². The van der Waals surface area contributed by atoms with Gasteiger partial charge in [0.2, 0.25) is 17.7 Å². The maximum absolute atomic E-state index is 14.0. The molecule has 1 fully saturated rings. The number of H-pyrrole nitrogens is 1. The summed E-state index contributed by atoms with van der Waals surface area (Å²) in [6.07, 6.45) is 6.12. The molecule has 6 atom stereocenters. The largest absolute Gasteiger partial charge is 0.361 e. The quantitative estimate of drug-likeness (QED) is 0.0589. The minimum absolute atomic E-state index is 0.00506. The Morgan fingerprint density at radius 1 is 1.21 bits per heavy atom. The molecule has 3 amide bonds. The minimum Gasteiger partial charge on any atom is -0.361 e. The van der Waals surface area contributed by atoms with Crippen LogP contribution < -0.4 is 27.4 Å². The van der Waals surface area contributed by atoms with Gasteiger partial charge in [0.1, 0.15) is 22.6 Å². The third-order valence-electron chi connectivity index (χ3n) is 8.84. The Morgan fingerprint density at radius 2 is 1.98 bits per heavy atom. The van der Waals surface area contributed by atoms with E-state index in [1.807, 2.05) is 42.6 Å². The monoisotopic (exact) mass is 727 g/mol. The minimum atomic E-state index is -1.06. The van der Waals surface area contributed by atoms with Gasteiger partial charge in [0.15, 0.2) is 0 Å². The molecule has 2 unspecified atom stereocenters. The second-order valence-corrected chi connectivity index (χ2v) is 14.8. The Bertz CT molecular complexity index is 1550. The highest BCUT2D eigenvalue weighted by Gasteiger charge is 2.59. The van der Waals surface area contributed by atoms with Gasteiger partial charge < -0.3 is 37.4 Å². The number of pyridine rings is 1. The van der Waals surface area contributed by atoms with E-state index < -0.39 is 29.4 Å². The van der Waals surface area contributed by atoms with E-state index in [0.29, 0.717) is 25.9 Å². The average Bonchev–Trinajstić information content (AvgIpc) is 3.63. The summed E-state index contributed by atoms with van der Waals surface area (Å²) in [5.74, 6) is -1.22. The Morgan fingerprint density at radius 3 is 2.68 bits per heavy atom. The van der Waals surface area contributed by atoms with Crippen LogP contribution in [-0.4, -0.2) is 93.2 Å². The van der Waals surface area contributed by atoms with Gasteiger partial charge in [-0.2, -0.15) is 0 Å². The van der Waals surface area contributed by atoms with Crippen molar-refractivity contribution in [1.82, 2.24) is 30.8 Å². The third kappa shape index (κ3) is 8.79. The molecule has 3 aromatic rings. The summed E-state index contributed by atoms with van der Waals surface area (Å²) in [5, 5.41) is 18.6. The molecule has 0 aliphatic heterocycles. The van der Waals surface area contributed by atoms with Crippen LogP contribution in [0.25, 0.3) is 10.9 Å². The van der Waals surface area contributed by atoms with Crippen LogP contribution in [0.4, 0.5) is 0 Å². The van der Waals surface area contributed by atoms with Crippen LogP contribution in [0.3, 0.4) is 0 Å². The summed E-state index contributed by atoms with van der Waals surface area (Å²) >= 11 is 5.32. The van der Waals surface area contributed by atoms with Gasteiger partial charge in [0, 0.05) is 66.1 Å². The van der Waals surface area contributed by atoms with Crippen LogP contribution in [-0.2, 0) is 27.3 Å². The fourth-order valence-corrected chi connectivity index (χ4v) is 7.01. The summed E-state index contributed by atoms with van der Waals surface area (Å²) in [6, 6.07) is 9.64. The standard InChI is InChI=1S/C33H46BrN9O3S/c1-20(34)21(2)47-30-22(7-6-13-39-30)19-41-33(16-24(33)10-11-35)32(46)42-27(17-37)31(45)43(3)28(29(44)38-14-12-36)15-23-18-40-26-9-5-4-8-25(23)26/h4-9,12-13,18,20-21,24,27-28,36,40-41H,10-11,14-17,19,35,37H2,1-3H3,(H,38,44)(H,42,46)/t20?,21-,24+,27-,28-,33?/m0/s1. The molecule has 2 aromatic heterocycles. The zero-order valence-corrected chi connectivity index (χ0v) is 29.5. The molecule has 12 nitrogen and oxygen atoms in total. The van der Waals surface area contributed by atoms with Crippen molar-refractivity contribution >= 4 is 62.5 Å². The maximum Gasteiger partial charge on any atom is 0.246 e. The molecule has 0 bridgehead atoms. The molecule has 2 heterocycles. The number of alkyl halides is 1. The zero-order valence-electron chi connectivity index (χ0n) is 27.1. The van der Waals surface area contributed by atoms with Crippen molar-refractivity contribution in [3.05, 3.63) is 59.9 Å². The number of hydrogen-bond acceptors (Lipinski definition) is 9. The van der Waals surface area contributed by atoms with Crippen LogP contribution in [0.1, 0.15) is 37.8 Å². The Hall–Kier alpha value is -3.30. The number of fused-ring (bicyclic) bond motifs is 1. The third-order valence-corrected chi connectivity index (χ3v) is 11.4. The van der Waals surface area contributed by atoms with Gasteiger partial charge in [-0.1, -0.05) is 54.0 Å². The summed E-state index contributed by atoms with van der Waals surface area (Å²) < 4.78 is 0. The van der Waals surface area contributed by atoms with Crippen LogP contribution in [0.5, 0.6) is 0 Å². The Labute approximate surface area is 288 Å². The van der Waals surface area contributed by atoms with Crippen molar-refractivity contribution in [2.24, 2.45) is 17.4 Å². The van der Waals surface area contributed by atoms with Crippen molar-refractivity contribution in [3.63, 3.8) is 0 Å². The van der Waals surface area contributed by atoms with Gasteiger partial charge in [0.25, 0.3) is 0 Å². The topological polar surface area (TPSA) is 195 Å². The maximum atomic E-state index is 14.0. The van der Waals surface area contributed by atoms with E-state index in [2.05, 4.69) is 55.7 Å². The molecule has 14 heteroatoms. The molecular weight excluding hydrogens is 682 g/mol. The molecule has 0 spiro atoms. The summed E-state index contributed by atoms with van der Waals surface area (Å²) in [7, 11) is 1.54. The number of nitrogens with two attached hydrogens (primary N) is 2. The number of rotatable bonds is 18. The van der Waals surface area contributed by atoms with E-state index in [-0.39, 0.29) is 41.4 Å². The number of thioether (sulfide) groups is 1. The second kappa shape index (κ2) is 16.7.